The highest BCUT2D eigenvalue weighted by molar-refractivity contribution is 7.87. The number of phenols is 1. The SMILES string of the molecule is CCCCS(=O)(=O)Oc1ccc(CCCc2ccc(CCC(=O)O)cc2O)cc1OC. The maximum Gasteiger partial charge on any atom is 0.309 e. The molecule has 0 aliphatic heterocycles. The standard InChI is InChI=1S/C23H30O7S/c1-3-4-14-31(27,28)30-21-12-9-17(16-22(21)29-2)6-5-7-19-11-8-18(15-20(19)24)10-13-23(25)26/h8-9,11-12,15-16,24H,3-7,10,13-14H2,1-2H3,(H,25,26). The Morgan fingerprint density at radius 1 is 0.968 bits per heavy atom. The Balaban J connectivity index is 1.96. The average molecular weight is 451 g/mol. The fraction of sp³-hybridized carbons (Fsp3) is 0.435. The highest BCUT2D eigenvalue weighted by Crippen LogP contribution is 2.30. The highest BCUT2D eigenvalue weighted by atomic mass is 32.2. The van der Waals surface area contributed by atoms with Gasteiger partial charge in [-0.3, -0.25) is 4.79 Å². The van der Waals surface area contributed by atoms with E-state index in [1.165, 1.54) is 7.11 Å². The first-order chi connectivity index (χ1) is 14.7. The van der Waals surface area contributed by atoms with E-state index in [2.05, 4.69) is 0 Å². The highest BCUT2D eigenvalue weighted by Gasteiger charge is 2.16. The summed E-state index contributed by atoms with van der Waals surface area (Å²) < 4.78 is 34.6. The van der Waals surface area contributed by atoms with Crippen molar-refractivity contribution in [3.63, 3.8) is 0 Å². The number of aliphatic carboxylic acids is 1. The lowest BCUT2D eigenvalue weighted by Crippen LogP contribution is -2.14. The van der Waals surface area contributed by atoms with Gasteiger partial charge in [0.25, 0.3) is 0 Å². The van der Waals surface area contributed by atoms with Gasteiger partial charge < -0.3 is 19.1 Å². The molecule has 0 atom stereocenters. The number of methoxy groups -OCH3 is 1. The zero-order valence-corrected chi connectivity index (χ0v) is 18.8. The third-order valence-corrected chi connectivity index (χ3v) is 6.10. The summed E-state index contributed by atoms with van der Waals surface area (Å²) >= 11 is 0. The van der Waals surface area contributed by atoms with Gasteiger partial charge in [-0.05, 0) is 67.0 Å². The molecule has 8 heteroatoms. The molecule has 2 N–H and O–H groups in total. The van der Waals surface area contributed by atoms with E-state index in [0.717, 1.165) is 29.5 Å². The molecular weight excluding hydrogens is 420 g/mol. The number of unbranched alkanes of at least 4 members (excludes halogenated alkanes) is 1. The smallest absolute Gasteiger partial charge is 0.309 e. The Morgan fingerprint density at radius 2 is 1.68 bits per heavy atom. The van der Waals surface area contributed by atoms with Crippen LogP contribution in [0.1, 0.15) is 49.3 Å². The molecule has 0 heterocycles. The van der Waals surface area contributed by atoms with Gasteiger partial charge in [-0.2, -0.15) is 8.42 Å². The molecule has 0 saturated heterocycles. The molecule has 2 rings (SSSR count). The van der Waals surface area contributed by atoms with Crippen molar-refractivity contribution in [3.05, 3.63) is 53.1 Å². The number of hydrogen-bond donors (Lipinski definition) is 2. The summed E-state index contributed by atoms with van der Waals surface area (Å²) in [4.78, 5) is 10.7. The number of carboxylic acids is 1. The van der Waals surface area contributed by atoms with Gasteiger partial charge in [-0.1, -0.05) is 31.5 Å². The molecule has 0 amide bonds. The van der Waals surface area contributed by atoms with Gasteiger partial charge in [0, 0.05) is 6.42 Å². The number of phenolic OH excluding ortho intramolecular Hbond substituents is 1. The second-order valence-corrected chi connectivity index (χ2v) is 9.08. The van der Waals surface area contributed by atoms with Crippen molar-refractivity contribution < 1.29 is 32.3 Å². The lowest BCUT2D eigenvalue weighted by atomic mass is 10.0. The molecule has 0 aliphatic carbocycles. The van der Waals surface area contributed by atoms with Gasteiger partial charge in [0.05, 0.1) is 12.9 Å². The molecule has 2 aromatic carbocycles. The topological polar surface area (TPSA) is 110 Å². The van der Waals surface area contributed by atoms with Crippen molar-refractivity contribution >= 4 is 16.1 Å². The molecule has 0 saturated carbocycles. The maximum absolute atomic E-state index is 12.0. The van der Waals surface area contributed by atoms with Crippen LogP contribution in [0.15, 0.2) is 36.4 Å². The van der Waals surface area contributed by atoms with Gasteiger partial charge in [0.2, 0.25) is 0 Å². The number of carbonyl (C=O) groups is 1. The van der Waals surface area contributed by atoms with E-state index in [-0.39, 0.29) is 23.7 Å². The van der Waals surface area contributed by atoms with Crippen LogP contribution >= 0.6 is 0 Å². The minimum Gasteiger partial charge on any atom is -0.508 e. The van der Waals surface area contributed by atoms with E-state index in [9.17, 15) is 18.3 Å². The number of rotatable bonds is 13. The summed E-state index contributed by atoms with van der Waals surface area (Å²) in [5.74, 6) is -0.192. The minimum atomic E-state index is -3.65. The lowest BCUT2D eigenvalue weighted by Gasteiger charge is -2.12. The Morgan fingerprint density at radius 3 is 2.32 bits per heavy atom. The summed E-state index contributed by atoms with van der Waals surface area (Å²) in [7, 11) is -2.19. The molecule has 31 heavy (non-hydrogen) atoms. The molecule has 2 aromatic rings. The zero-order valence-electron chi connectivity index (χ0n) is 18.0. The van der Waals surface area contributed by atoms with Gasteiger partial charge >= 0.3 is 16.1 Å². The number of ether oxygens (including phenoxy) is 1. The number of hydrogen-bond acceptors (Lipinski definition) is 6. The summed E-state index contributed by atoms with van der Waals surface area (Å²) in [5.41, 5.74) is 2.55. The van der Waals surface area contributed by atoms with E-state index >= 15 is 0 Å². The van der Waals surface area contributed by atoms with Crippen LogP contribution < -0.4 is 8.92 Å². The molecule has 7 nitrogen and oxygen atoms in total. The van der Waals surface area contributed by atoms with Crippen molar-refractivity contribution in [2.24, 2.45) is 0 Å². The largest absolute Gasteiger partial charge is 0.508 e. The van der Waals surface area contributed by atoms with Crippen LogP contribution in [0.3, 0.4) is 0 Å². The van der Waals surface area contributed by atoms with E-state index in [0.29, 0.717) is 31.4 Å². The Bertz CT molecular complexity index is 983. The number of carboxylic acid groups (broad SMARTS) is 1. The lowest BCUT2D eigenvalue weighted by molar-refractivity contribution is -0.136. The molecule has 0 radical (unpaired) electrons. The van der Waals surface area contributed by atoms with Crippen molar-refractivity contribution in [3.8, 4) is 17.2 Å². The van der Waals surface area contributed by atoms with Crippen LogP contribution in [0.5, 0.6) is 17.2 Å². The molecule has 0 unspecified atom stereocenters. The molecule has 0 spiro atoms. The van der Waals surface area contributed by atoms with Gasteiger partial charge in [0.15, 0.2) is 11.5 Å². The van der Waals surface area contributed by atoms with Crippen LogP contribution in [-0.2, 0) is 34.2 Å². The third-order valence-electron chi connectivity index (χ3n) is 4.88. The van der Waals surface area contributed by atoms with E-state index in [1.54, 1.807) is 18.2 Å². The summed E-state index contributed by atoms with van der Waals surface area (Å²) in [6.07, 6.45) is 3.83. The number of benzene rings is 2. The predicted octanol–water partition coefficient (Wildman–Crippen LogP) is 4.10. The maximum atomic E-state index is 12.0. The van der Waals surface area contributed by atoms with E-state index in [1.807, 2.05) is 25.1 Å². The Kier molecular flexibility index (Phi) is 9.18. The quantitative estimate of drug-likeness (QED) is 0.442. The number of aromatic hydroxyl groups is 1. The molecule has 170 valence electrons. The zero-order chi connectivity index (χ0) is 22.9. The van der Waals surface area contributed by atoms with Crippen LogP contribution in [-0.4, -0.2) is 37.5 Å². The molecule has 0 bridgehead atoms. The summed E-state index contributed by atoms with van der Waals surface area (Å²) in [6.45, 7) is 1.92. The first-order valence-corrected chi connectivity index (χ1v) is 11.9. The number of aryl methyl sites for hydroxylation is 3. The van der Waals surface area contributed by atoms with Crippen LogP contribution in [0.4, 0.5) is 0 Å². The van der Waals surface area contributed by atoms with Crippen LogP contribution in [0.25, 0.3) is 0 Å². The Hall–Kier alpha value is -2.74. The molecule has 0 fully saturated rings. The average Bonchev–Trinajstić information content (AvgIpc) is 2.73. The monoisotopic (exact) mass is 450 g/mol. The van der Waals surface area contributed by atoms with Crippen molar-refractivity contribution in [1.82, 2.24) is 0 Å². The van der Waals surface area contributed by atoms with Gasteiger partial charge in [-0.15, -0.1) is 0 Å². The van der Waals surface area contributed by atoms with Crippen molar-refractivity contribution in [2.75, 3.05) is 12.9 Å². The molecule has 0 aromatic heterocycles. The van der Waals surface area contributed by atoms with Crippen LogP contribution in [0, 0.1) is 0 Å². The molecular formula is C23H30O7S. The van der Waals surface area contributed by atoms with Crippen LogP contribution in [0.2, 0.25) is 0 Å². The van der Waals surface area contributed by atoms with E-state index in [4.69, 9.17) is 14.0 Å². The summed E-state index contributed by atoms with van der Waals surface area (Å²) in [5, 5.41) is 19.0. The molecule has 0 aliphatic rings. The second-order valence-electron chi connectivity index (χ2n) is 7.39. The van der Waals surface area contributed by atoms with Crippen molar-refractivity contribution in [2.45, 2.75) is 51.9 Å². The van der Waals surface area contributed by atoms with E-state index < -0.39 is 16.1 Å². The second kappa shape index (κ2) is 11.6. The van der Waals surface area contributed by atoms with Crippen molar-refractivity contribution in [1.29, 1.82) is 0 Å². The van der Waals surface area contributed by atoms with Gasteiger partial charge in [0.1, 0.15) is 5.75 Å². The predicted molar refractivity (Wildman–Crippen MR) is 118 cm³/mol. The normalized spacial score (nSPS) is 11.3. The van der Waals surface area contributed by atoms with Gasteiger partial charge in [-0.25, -0.2) is 0 Å². The first-order valence-electron chi connectivity index (χ1n) is 10.4. The minimum absolute atomic E-state index is 0.0280. The fourth-order valence-corrected chi connectivity index (χ4v) is 4.28. The third kappa shape index (κ3) is 8.13. The fourth-order valence-electron chi connectivity index (χ4n) is 3.15. The summed E-state index contributed by atoms with van der Waals surface area (Å²) in [6, 6.07) is 10.5. The first kappa shape index (κ1) is 24.5. The Labute approximate surface area is 183 Å².